The van der Waals surface area contributed by atoms with Gasteiger partial charge in [-0.1, -0.05) is 103 Å². The third-order valence-electron chi connectivity index (χ3n) is 10.4. The lowest BCUT2D eigenvalue weighted by Crippen LogP contribution is -2.35. The van der Waals surface area contributed by atoms with E-state index < -0.39 is 11.9 Å². The summed E-state index contributed by atoms with van der Waals surface area (Å²) < 4.78 is 14.2. The highest BCUT2D eigenvalue weighted by molar-refractivity contribution is 6.19. The zero-order valence-electron chi connectivity index (χ0n) is 31.6. The Labute approximate surface area is 329 Å². The Morgan fingerprint density at radius 3 is 1.65 bits per heavy atom. The van der Waals surface area contributed by atoms with Crippen molar-refractivity contribution in [3.8, 4) is 5.75 Å². The number of methoxy groups -OCH3 is 2. The third-order valence-corrected chi connectivity index (χ3v) is 10.4. The summed E-state index contributed by atoms with van der Waals surface area (Å²) in [5.41, 5.74) is 8.42. The standard InChI is InChI=1S/C27H24N2O3.C20H16N2O3/c1-32-27(31)21-13-8-14-22-25(21)26-23(29(22)16-20-11-6-3-7-12-20)17-28(18-24(26)30)15-19-9-4-2-5-10-19;1-25-20(24)14-8-5-9-15-18(14)19-16(10-21-11-17(19)23)22(15)12-13-6-3-2-4-7-13/h2-14H,15-18H2,1H3;2-11,23H,12H2,1H3. The van der Waals surface area contributed by atoms with E-state index in [1.54, 1.807) is 18.3 Å². The Morgan fingerprint density at radius 2 is 1.09 bits per heavy atom. The van der Waals surface area contributed by atoms with Gasteiger partial charge in [-0.15, -0.1) is 0 Å². The fraction of sp³-hybridized carbons (Fsp3) is 0.149. The molecule has 0 bridgehead atoms. The first-order chi connectivity index (χ1) is 27.9. The first-order valence-electron chi connectivity index (χ1n) is 18.6. The van der Waals surface area contributed by atoms with Crippen molar-refractivity contribution in [2.45, 2.75) is 26.2 Å². The highest BCUT2D eigenvalue weighted by Gasteiger charge is 2.32. The van der Waals surface area contributed by atoms with Crippen molar-refractivity contribution >= 4 is 50.4 Å². The van der Waals surface area contributed by atoms with Gasteiger partial charge in [0.05, 0.1) is 66.2 Å². The van der Waals surface area contributed by atoms with E-state index in [4.69, 9.17) is 9.47 Å². The van der Waals surface area contributed by atoms with Gasteiger partial charge in [-0.05, 0) is 41.0 Å². The van der Waals surface area contributed by atoms with Crippen molar-refractivity contribution in [1.29, 1.82) is 0 Å². The van der Waals surface area contributed by atoms with Gasteiger partial charge in [0.1, 0.15) is 5.75 Å². The van der Waals surface area contributed by atoms with Crippen LogP contribution in [0.2, 0.25) is 0 Å². The Kier molecular flexibility index (Phi) is 10.3. The first-order valence-corrected chi connectivity index (χ1v) is 18.6. The third kappa shape index (κ3) is 7.14. The van der Waals surface area contributed by atoms with Crippen molar-refractivity contribution in [3.63, 3.8) is 0 Å². The number of fused-ring (bicyclic) bond motifs is 6. The van der Waals surface area contributed by atoms with Crippen LogP contribution in [0.3, 0.4) is 0 Å². The van der Waals surface area contributed by atoms with Crippen molar-refractivity contribution in [2.24, 2.45) is 0 Å². The molecular weight excluding hydrogens is 717 g/mol. The molecule has 0 saturated heterocycles. The second kappa shape index (κ2) is 16.0. The molecule has 0 saturated carbocycles. The highest BCUT2D eigenvalue weighted by atomic mass is 16.5. The number of aromatic hydroxyl groups is 1. The van der Waals surface area contributed by atoms with Crippen molar-refractivity contribution in [3.05, 3.63) is 179 Å². The monoisotopic (exact) mass is 756 g/mol. The molecule has 9 rings (SSSR count). The van der Waals surface area contributed by atoms with E-state index in [0.29, 0.717) is 65.6 Å². The molecule has 10 heteroatoms. The molecule has 1 N–H and O–H groups in total. The minimum absolute atomic E-state index is 0.0374. The van der Waals surface area contributed by atoms with Crippen LogP contribution in [0.15, 0.2) is 140 Å². The molecule has 1 aliphatic rings. The number of carbonyl (C=O) groups is 3. The number of hydrogen-bond acceptors (Lipinski definition) is 8. The molecule has 8 aromatic rings. The van der Waals surface area contributed by atoms with Gasteiger partial charge in [0.25, 0.3) is 0 Å². The van der Waals surface area contributed by atoms with Crippen LogP contribution < -0.4 is 0 Å². The molecule has 0 radical (unpaired) electrons. The largest absolute Gasteiger partial charge is 0.506 e. The fourth-order valence-corrected chi connectivity index (χ4v) is 7.92. The van der Waals surface area contributed by atoms with Gasteiger partial charge in [0, 0.05) is 48.2 Å². The molecule has 0 fully saturated rings. The second-order valence-electron chi connectivity index (χ2n) is 14.0. The predicted molar refractivity (Wildman–Crippen MR) is 219 cm³/mol. The molecule has 284 valence electrons. The summed E-state index contributed by atoms with van der Waals surface area (Å²) in [4.78, 5) is 44.5. The number of ether oxygens (including phenoxy) is 2. The van der Waals surface area contributed by atoms with Crippen LogP contribution in [0.5, 0.6) is 5.75 Å². The van der Waals surface area contributed by atoms with Gasteiger partial charge < -0.3 is 23.7 Å². The predicted octanol–water partition coefficient (Wildman–Crippen LogP) is 8.40. The number of aromatic nitrogens is 3. The SMILES string of the molecule is COC(=O)c1cccc2c1c1c(O)cncc1n2Cc1ccccc1.COC(=O)c1cccc2c1c1c(n2Cc2ccccc2)CN(Cc2ccccc2)CC1=O. The summed E-state index contributed by atoms with van der Waals surface area (Å²) in [5.74, 6) is -0.767. The molecule has 57 heavy (non-hydrogen) atoms. The molecule has 0 unspecified atom stereocenters. The normalized spacial score (nSPS) is 12.6. The van der Waals surface area contributed by atoms with Crippen molar-refractivity contribution in [1.82, 2.24) is 19.0 Å². The van der Waals surface area contributed by atoms with Gasteiger partial charge >= 0.3 is 11.9 Å². The van der Waals surface area contributed by atoms with E-state index >= 15 is 0 Å². The molecule has 4 heterocycles. The molecule has 3 aromatic heterocycles. The van der Waals surface area contributed by atoms with E-state index in [2.05, 4.69) is 43.3 Å². The summed E-state index contributed by atoms with van der Waals surface area (Å²) >= 11 is 0. The topological polar surface area (TPSA) is 116 Å². The first kappa shape index (κ1) is 36.9. The lowest BCUT2D eigenvalue weighted by molar-refractivity contribution is 0.0594. The minimum atomic E-state index is -0.430. The zero-order valence-corrected chi connectivity index (χ0v) is 31.6. The zero-order chi connectivity index (χ0) is 39.5. The van der Waals surface area contributed by atoms with Crippen molar-refractivity contribution < 1.29 is 29.0 Å². The fourth-order valence-electron chi connectivity index (χ4n) is 7.92. The van der Waals surface area contributed by atoms with Gasteiger partial charge in [-0.25, -0.2) is 9.59 Å². The van der Waals surface area contributed by atoms with Crippen LogP contribution in [0.25, 0.3) is 32.7 Å². The van der Waals surface area contributed by atoms with Crippen LogP contribution in [-0.2, 0) is 35.7 Å². The number of carbonyl (C=O) groups excluding carboxylic acids is 3. The number of ketones is 1. The number of rotatable bonds is 8. The van der Waals surface area contributed by atoms with E-state index in [0.717, 1.165) is 33.4 Å². The quantitative estimate of drug-likeness (QED) is 0.154. The Hall–Kier alpha value is -7.04. The number of nitrogens with zero attached hydrogens (tertiary/aromatic N) is 4. The number of esters is 2. The van der Waals surface area contributed by atoms with Crippen LogP contribution in [0.4, 0.5) is 0 Å². The number of benzene rings is 5. The molecule has 0 spiro atoms. The lowest BCUT2D eigenvalue weighted by atomic mass is 9.98. The van der Waals surface area contributed by atoms with Gasteiger partial charge in [-0.2, -0.15) is 0 Å². The number of Topliss-reactive ketones (excluding diaryl/α,β-unsaturated/α-hetero) is 1. The smallest absolute Gasteiger partial charge is 0.338 e. The molecule has 0 aliphatic carbocycles. The molecular formula is C47H40N4O6. The summed E-state index contributed by atoms with van der Waals surface area (Å²) in [6.45, 7) is 2.89. The van der Waals surface area contributed by atoms with Gasteiger partial charge in [0.15, 0.2) is 5.78 Å². The maximum absolute atomic E-state index is 13.4. The van der Waals surface area contributed by atoms with Crippen LogP contribution in [-0.4, -0.2) is 62.6 Å². The molecule has 0 amide bonds. The maximum Gasteiger partial charge on any atom is 0.338 e. The lowest BCUT2D eigenvalue weighted by Gasteiger charge is -2.27. The van der Waals surface area contributed by atoms with E-state index in [9.17, 15) is 19.5 Å². The second-order valence-corrected chi connectivity index (χ2v) is 14.0. The molecule has 5 aromatic carbocycles. The number of hydrogen-bond donors (Lipinski definition) is 1. The summed E-state index contributed by atoms with van der Waals surface area (Å²) in [6.07, 6.45) is 3.10. The van der Waals surface area contributed by atoms with Crippen molar-refractivity contribution in [2.75, 3.05) is 20.8 Å². The molecule has 10 nitrogen and oxygen atoms in total. The van der Waals surface area contributed by atoms with Crippen LogP contribution in [0, 0.1) is 0 Å². The molecule has 0 atom stereocenters. The van der Waals surface area contributed by atoms with Crippen LogP contribution >= 0.6 is 0 Å². The van der Waals surface area contributed by atoms with E-state index in [1.807, 2.05) is 91.0 Å². The average molecular weight is 757 g/mol. The summed E-state index contributed by atoms with van der Waals surface area (Å²) in [6, 6.07) is 41.4. The Bertz CT molecular complexity index is 2760. The van der Waals surface area contributed by atoms with E-state index in [1.165, 1.54) is 26.0 Å². The Balaban J connectivity index is 0.000000165. The number of pyridine rings is 1. The van der Waals surface area contributed by atoms with Gasteiger partial charge in [-0.3, -0.25) is 14.7 Å². The Morgan fingerprint density at radius 1 is 0.579 bits per heavy atom. The minimum Gasteiger partial charge on any atom is -0.506 e. The van der Waals surface area contributed by atoms with Gasteiger partial charge in [0.2, 0.25) is 0 Å². The summed E-state index contributed by atoms with van der Waals surface area (Å²) in [7, 11) is 2.73. The van der Waals surface area contributed by atoms with Crippen LogP contribution in [0.1, 0.15) is 53.5 Å². The van der Waals surface area contributed by atoms with E-state index in [-0.39, 0.29) is 11.5 Å². The molecule has 1 aliphatic heterocycles. The maximum atomic E-state index is 13.4. The average Bonchev–Trinajstić information content (AvgIpc) is 3.74. The highest BCUT2D eigenvalue weighted by Crippen LogP contribution is 2.38. The summed E-state index contributed by atoms with van der Waals surface area (Å²) in [5, 5.41) is 12.4.